The molecule has 0 amide bonds. The van der Waals surface area contributed by atoms with Gasteiger partial charge in [-0.3, -0.25) is 0 Å². The normalized spacial score (nSPS) is 10.7. The molecule has 0 atom stereocenters. The van der Waals surface area contributed by atoms with E-state index < -0.39 is 7.26 Å². The molecule has 2 heteroatoms. The van der Waals surface area contributed by atoms with Crippen LogP contribution >= 0.6 is 7.26 Å². The second kappa shape index (κ2) is 5.98. The molecule has 0 aliphatic carbocycles. The minimum atomic E-state index is -0.784. The van der Waals surface area contributed by atoms with E-state index in [1.165, 1.54) is 12.3 Å². The fourth-order valence-electron chi connectivity index (χ4n) is 1.38. The van der Waals surface area contributed by atoms with E-state index in [9.17, 15) is 0 Å². The van der Waals surface area contributed by atoms with Gasteiger partial charge in [0.05, 0.1) is 24.3 Å². The summed E-state index contributed by atoms with van der Waals surface area (Å²) in [7, 11) is -0.784. The van der Waals surface area contributed by atoms with Crippen molar-refractivity contribution in [1.82, 2.24) is 0 Å². The van der Waals surface area contributed by atoms with Gasteiger partial charge in [0.25, 0.3) is 0 Å². The summed E-state index contributed by atoms with van der Waals surface area (Å²) in [5, 5.41) is 1.58. The number of hydrogen-bond acceptors (Lipinski definition) is 0. The Labute approximate surface area is 99.5 Å². The molecule has 1 rings (SSSR count). The fourth-order valence-corrected chi connectivity index (χ4v) is 3.45. The molecule has 0 heterocycles. The van der Waals surface area contributed by atoms with Crippen LogP contribution in [0.15, 0.2) is 30.3 Å². The summed E-state index contributed by atoms with van der Waals surface area (Å²) in [5.41, 5.74) is 0. The molecule has 1 aromatic carbocycles. The second-order valence-electron chi connectivity index (χ2n) is 3.36. The SMILES string of the molecule is CC[P+](C)(CC)c1ccccc1.[I-]. The third kappa shape index (κ3) is 3.21. The Balaban J connectivity index is 0.00000144. The van der Waals surface area contributed by atoms with Crippen molar-refractivity contribution in [1.29, 1.82) is 0 Å². The van der Waals surface area contributed by atoms with Gasteiger partial charge < -0.3 is 24.0 Å². The van der Waals surface area contributed by atoms with Crippen molar-refractivity contribution in [2.45, 2.75) is 13.8 Å². The van der Waals surface area contributed by atoms with Crippen LogP contribution in [0.25, 0.3) is 0 Å². The molecule has 0 aliphatic heterocycles. The summed E-state index contributed by atoms with van der Waals surface area (Å²) in [6, 6.07) is 11.0. The lowest BCUT2D eigenvalue weighted by Crippen LogP contribution is -3.00. The Morgan fingerprint density at radius 3 is 1.85 bits per heavy atom. The zero-order chi connectivity index (χ0) is 9.03. The Hall–Kier alpha value is 0.380. The van der Waals surface area contributed by atoms with E-state index >= 15 is 0 Å². The van der Waals surface area contributed by atoms with Crippen LogP contribution in [-0.2, 0) is 0 Å². The highest BCUT2D eigenvalue weighted by atomic mass is 127. The van der Waals surface area contributed by atoms with E-state index in [1.807, 2.05) is 0 Å². The number of halogens is 1. The average molecular weight is 308 g/mol. The van der Waals surface area contributed by atoms with Gasteiger partial charge in [0.1, 0.15) is 0 Å². The van der Waals surface area contributed by atoms with Gasteiger partial charge in [-0.1, -0.05) is 18.2 Å². The summed E-state index contributed by atoms with van der Waals surface area (Å²) in [5.74, 6) is 0. The molecule has 0 saturated carbocycles. The average Bonchev–Trinajstić information content (AvgIpc) is 2.18. The molecule has 0 radical (unpaired) electrons. The molecule has 0 bridgehead atoms. The lowest BCUT2D eigenvalue weighted by atomic mass is 10.4. The topological polar surface area (TPSA) is 0 Å². The highest BCUT2D eigenvalue weighted by Crippen LogP contribution is 2.52. The Bertz CT molecular complexity index is 229. The van der Waals surface area contributed by atoms with E-state index in [2.05, 4.69) is 50.8 Å². The number of benzene rings is 1. The summed E-state index contributed by atoms with van der Waals surface area (Å²) in [6.45, 7) is 7.07. The van der Waals surface area contributed by atoms with Crippen LogP contribution in [0, 0.1) is 0 Å². The Morgan fingerprint density at radius 2 is 1.46 bits per heavy atom. The van der Waals surface area contributed by atoms with Crippen molar-refractivity contribution >= 4 is 12.6 Å². The van der Waals surface area contributed by atoms with Crippen molar-refractivity contribution in [3.8, 4) is 0 Å². The molecule has 1 aromatic rings. The number of hydrogen-bond donors (Lipinski definition) is 0. The van der Waals surface area contributed by atoms with Crippen molar-refractivity contribution in [3.63, 3.8) is 0 Å². The monoisotopic (exact) mass is 308 g/mol. The quantitative estimate of drug-likeness (QED) is 0.545. The van der Waals surface area contributed by atoms with E-state index in [-0.39, 0.29) is 24.0 Å². The van der Waals surface area contributed by atoms with Crippen molar-refractivity contribution in [3.05, 3.63) is 30.3 Å². The molecule has 0 aromatic heterocycles. The smallest absolute Gasteiger partial charge is 0.0936 e. The van der Waals surface area contributed by atoms with Gasteiger partial charge in [0.15, 0.2) is 0 Å². The van der Waals surface area contributed by atoms with Gasteiger partial charge in [0, 0.05) is 7.26 Å². The van der Waals surface area contributed by atoms with Gasteiger partial charge >= 0.3 is 0 Å². The third-order valence-corrected chi connectivity index (χ3v) is 7.11. The maximum Gasteiger partial charge on any atom is 0.0936 e. The standard InChI is InChI=1S/C11H18P.HI/c1-4-12(3,5-2)11-9-7-6-8-10-11;/h6-10H,4-5H2,1-3H3;1H/q+1;/p-1. The highest BCUT2D eigenvalue weighted by molar-refractivity contribution is 7.82. The molecule has 0 aliphatic rings. The van der Waals surface area contributed by atoms with Crippen molar-refractivity contribution in [2.75, 3.05) is 19.0 Å². The second-order valence-corrected chi connectivity index (χ2v) is 7.94. The maximum absolute atomic E-state index is 2.45. The predicted octanol–water partition coefficient (Wildman–Crippen LogP) is 0.00310. The van der Waals surface area contributed by atoms with Crippen LogP contribution in [0.1, 0.15) is 13.8 Å². The summed E-state index contributed by atoms with van der Waals surface area (Å²) in [4.78, 5) is 0. The molecular weight excluding hydrogens is 290 g/mol. The van der Waals surface area contributed by atoms with Crippen LogP contribution in [0.4, 0.5) is 0 Å². The minimum Gasteiger partial charge on any atom is -1.00 e. The molecule has 0 fully saturated rings. The Morgan fingerprint density at radius 1 is 1.00 bits per heavy atom. The molecule has 0 nitrogen and oxygen atoms in total. The zero-order valence-electron chi connectivity index (χ0n) is 8.63. The van der Waals surface area contributed by atoms with Crippen molar-refractivity contribution < 1.29 is 24.0 Å². The zero-order valence-corrected chi connectivity index (χ0v) is 11.7. The first-order valence-corrected chi connectivity index (χ1v) is 7.23. The van der Waals surface area contributed by atoms with E-state index in [4.69, 9.17) is 0 Å². The first-order chi connectivity index (χ1) is 5.73. The summed E-state index contributed by atoms with van der Waals surface area (Å²) in [6.07, 6.45) is 2.65. The first-order valence-electron chi connectivity index (χ1n) is 4.63. The molecule has 74 valence electrons. The number of rotatable bonds is 3. The van der Waals surface area contributed by atoms with Gasteiger partial charge in [-0.05, 0) is 26.0 Å². The third-order valence-electron chi connectivity index (χ3n) is 2.78. The largest absolute Gasteiger partial charge is 1.00 e. The highest BCUT2D eigenvalue weighted by Gasteiger charge is 2.29. The van der Waals surface area contributed by atoms with Crippen LogP contribution < -0.4 is 29.3 Å². The maximum atomic E-state index is 2.45. The molecule has 13 heavy (non-hydrogen) atoms. The van der Waals surface area contributed by atoms with Crippen LogP contribution in [0.3, 0.4) is 0 Å². The molecule has 0 unspecified atom stereocenters. The first kappa shape index (κ1) is 13.4. The summed E-state index contributed by atoms with van der Waals surface area (Å²) < 4.78 is 0. The lowest BCUT2D eigenvalue weighted by molar-refractivity contribution is -0.00000264. The van der Waals surface area contributed by atoms with Gasteiger partial charge in [-0.2, -0.15) is 0 Å². The summed E-state index contributed by atoms with van der Waals surface area (Å²) >= 11 is 0. The van der Waals surface area contributed by atoms with Gasteiger partial charge in [-0.15, -0.1) is 0 Å². The van der Waals surface area contributed by atoms with E-state index in [0.717, 1.165) is 0 Å². The molecular formula is C11H18IP. The minimum absolute atomic E-state index is 0. The van der Waals surface area contributed by atoms with Crippen LogP contribution in [-0.4, -0.2) is 19.0 Å². The lowest BCUT2D eigenvalue weighted by Gasteiger charge is -2.19. The van der Waals surface area contributed by atoms with Crippen LogP contribution in [0.5, 0.6) is 0 Å². The van der Waals surface area contributed by atoms with Gasteiger partial charge in [-0.25, -0.2) is 0 Å². The molecule has 0 N–H and O–H groups in total. The van der Waals surface area contributed by atoms with E-state index in [1.54, 1.807) is 5.30 Å². The fraction of sp³-hybridized carbons (Fsp3) is 0.455. The van der Waals surface area contributed by atoms with E-state index in [0.29, 0.717) is 0 Å². The predicted molar refractivity (Wildman–Crippen MR) is 60.0 cm³/mol. The molecule has 0 spiro atoms. The van der Waals surface area contributed by atoms with Crippen molar-refractivity contribution in [2.24, 2.45) is 0 Å². The Kier molecular flexibility index (Phi) is 6.15. The van der Waals surface area contributed by atoms with Gasteiger partial charge in [0.2, 0.25) is 0 Å². The molecule has 0 saturated heterocycles. The van der Waals surface area contributed by atoms with Crippen LogP contribution in [0.2, 0.25) is 0 Å².